The molecule has 1 aromatic rings. The average Bonchev–Trinajstić information content (AvgIpc) is 2.61. The highest BCUT2D eigenvalue weighted by molar-refractivity contribution is 5.75. The first kappa shape index (κ1) is 13.6. The van der Waals surface area contributed by atoms with Gasteiger partial charge in [0.25, 0.3) is 5.56 Å². The minimum absolute atomic E-state index is 0.0460. The van der Waals surface area contributed by atoms with Crippen LogP contribution in [0.4, 0.5) is 5.69 Å². The van der Waals surface area contributed by atoms with Gasteiger partial charge in [-0.3, -0.25) is 9.59 Å². The predicted molar refractivity (Wildman–Crippen MR) is 72.5 cm³/mol. The number of carbonyl (C=O) groups excluding carboxylic acids is 1. The van der Waals surface area contributed by atoms with Crippen LogP contribution in [-0.2, 0) is 11.3 Å². The van der Waals surface area contributed by atoms with Gasteiger partial charge in [-0.25, -0.2) is 4.68 Å². The number of aromatic nitrogens is 2. The van der Waals surface area contributed by atoms with Crippen LogP contribution in [0.5, 0.6) is 0 Å². The summed E-state index contributed by atoms with van der Waals surface area (Å²) in [5.41, 5.74) is 5.41. The zero-order valence-corrected chi connectivity index (χ0v) is 11.0. The Kier molecular flexibility index (Phi) is 4.54. The smallest absolute Gasteiger partial charge is 0.269 e. The number of hydrogen-bond donors (Lipinski definition) is 2. The van der Waals surface area contributed by atoms with Crippen LogP contribution in [0.2, 0.25) is 0 Å². The van der Waals surface area contributed by atoms with Gasteiger partial charge in [0.2, 0.25) is 5.91 Å². The summed E-state index contributed by atoms with van der Waals surface area (Å²) >= 11 is 0. The third kappa shape index (κ3) is 4.08. The molecule has 6 heteroatoms. The highest BCUT2D eigenvalue weighted by Crippen LogP contribution is 2.17. The van der Waals surface area contributed by atoms with Gasteiger partial charge in [-0.2, -0.15) is 5.10 Å². The molecule has 0 radical (unpaired) electrons. The average molecular weight is 264 g/mol. The number of nitrogens with two attached hydrogens (primary N) is 1. The number of carbonyl (C=O) groups is 1. The normalized spacial score (nSPS) is 16.8. The topological polar surface area (TPSA) is 90.0 Å². The predicted octanol–water partition coefficient (Wildman–Crippen LogP) is 0.664. The van der Waals surface area contributed by atoms with Crippen molar-refractivity contribution in [2.75, 3.05) is 5.73 Å². The summed E-state index contributed by atoms with van der Waals surface area (Å²) < 4.78 is 1.13. The van der Waals surface area contributed by atoms with Crippen LogP contribution in [0.15, 0.2) is 17.1 Å². The lowest BCUT2D eigenvalue weighted by Crippen LogP contribution is -2.39. The van der Waals surface area contributed by atoms with E-state index in [4.69, 9.17) is 5.73 Å². The maximum atomic E-state index is 11.9. The second-order valence-corrected chi connectivity index (χ2v) is 5.04. The van der Waals surface area contributed by atoms with Gasteiger partial charge in [0, 0.05) is 12.1 Å². The summed E-state index contributed by atoms with van der Waals surface area (Å²) in [5.74, 6) is -0.161. The molecule has 0 bridgehead atoms. The van der Waals surface area contributed by atoms with E-state index in [1.807, 2.05) is 0 Å². The van der Waals surface area contributed by atoms with E-state index >= 15 is 0 Å². The summed E-state index contributed by atoms with van der Waals surface area (Å²) in [5, 5.41) is 6.83. The van der Waals surface area contributed by atoms with Crippen LogP contribution >= 0.6 is 0 Å². The first-order chi connectivity index (χ1) is 9.15. The molecule has 1 aromatic heterocycles. The van der Waals surface area contributed by atoms with Crippen molar-refractivity contribution in [3.63, 3.8) is 0 Å². The van der Waals surface area contributed by atoms with Gasteiger partial charge in [-0.05, 0) is 12.8 Å². The van der Waals surface area contributed by atoms with Crippen molar-refractivity contribution < 1.29 is 4.79 Å². The monoisotopic (exact) mass is 264 g/mol. The Bertz CT molecular complexity index is 490. The van der Waals surface area contributed by atoms with E-state index < -0.39 is 0 Å². The summed E-state index contributed by atoms with van der Waals surface area (Å²) in [6.07, 6.45) is 8.22. The van der Waals surface area contributed by atoms with E-state index in [0.29, 0.717) is 5.69 Å². The van der Waals surface area contributed by atoms with Gasteiger partial charge >= 0.3 is 0 Å². The van der Waals surface area contributed by atoms with Crippen molar-refractivity contribution >= 4 is 11.6 Å². The maximum Gasteiger partial charge on any atom is 0.269 e. The number of rotatable bonds is 3. The van der Waals surface area contributed by atoms with Gasteiger partial charge in [0.05, 0.1) is 11.9 Å². The molecule has 0 aromatic carbocycles. The highest BCUT2D eigenvalue weighted by Gasteiger charge is 2.15. The minimum Gasteiger partial charge on any atom is -0.397 e. The molecule has 1 aliphatic rings. The molecule has 6 nitrogen and oxygen atoms in total. The van der Waals surface area contributed by atoms with Crippen molar-refractivity contribution in [2.45, 2.75) is 51.1 Å². The van der Waals surface area contributed by atoms with Crippen LogP contribution in [-0.4, -0.2) is 21.7 Å². The van der Waals surface area contributed by atoms with Crippen LogP contribution in [0, 0.1) is 0 Å². The standard InChI is InChI=1S/C13H20N4O2/c14-10-7-13(19)17(15-8-10)9-12(18)16-11-5-3-1-2-4-6-11/h7-8,11H,1-6,9,14H2,(H,16,18). The molecule has 1 aliphatic carbocycles. The van der Waals surface area contributed by atoms with Crippen LogP contribution in [0.1, 0.15) is 38.5 Å². The van der Waals surface area contributed by atoms with Crippen LogP contribution < -0.4 is 16.6 Å². The lowest BCUT2D eigenvalue weighted by Gasteiger charge is -2.16. The Labute approximate surface area is 112 Å². The molecule has 2 rings (SSSR count). The molecule has 19 heavy (non-hydrogen) atoms. The Hall–Kier alpha value is -1.85. The first-order valence-corrected chi connectivity index (χ1v) is 6.77. The summed E-state index contributed by atoms with van der Waals surface area (Å²) in [6.45, 7) is -0.0460. The van der Waals surface area contributed by atoms with Gasteiger partial charge < -0.3 is 11.1 Å². The van der Waals surface area contributed by atoms with E-state index in [-0.39, 0.29) is 24.1 Å². The van der Waals surface area contributed by atoms with Gasteiger partial charge in [-0.1, -0.05) is 25.7 Å². The van der Waals surface area contributed by atoms with Crippen LogP contribution in [0.3, 0.4) is 0 Å². The Morgan fingerprint density at radius 2 is 2.05 bits per heavy atom. The van der Waals surface area contributed by atoms with Gasteiger partial charge in [-0.15, -0.1) is 0 Å². The fourth-order valence-electron chi connectivity index (χ4n) is 2.40. The number of nitrogen functional groups attached to an aromatic ring is 1. The number of amides is 1. The second-order valence-electron chi connectivity index (χ2n) is 5.04. The summed E-state index contributed by atoms with van der Waals surface area (Å²) in [4.78, 5) is 23.5. The van der Waals surface area contributed by atoms with Crippen molar-refractivity contribution in [3.05, 3.63) is 22.6 Å². The molecular weight excluding hydrogens is 244 g/mol. The first-order valence-electron chi connectivity index (χ1n) is 6.77. The molecule has 104 valence electrons. The number of nitrogens with zero attached hydrogens (tertiary/aromatic N) is 2. The fraction of sp³-hybridized carbons (Fsp3) is 0.615. The SMILES string of the molecule is Nc1cnn(CC(=O)NC2CCCCCC2)c(=O)c1. The third-order valence-corrected chi connectivity index (χ3v) is 3.40. The zero-order chi connectivity index (χ0) is 13.7. The van der Waals surface area contributed by atoms with Crippen molar-refractivity contribution in [1.82, 2.24) is 15.1 Å². The van der Waals surface area contributed by atoms with E-state index in [2.05, 4.69) is 10.4 Å². The molecule has 1 amide bonds. The number of hydrogen-bond acceptors (Lipinski definition) is 4. The molecule has 0 atom stereocenters. The quantitative estimate of drug-likeness (QED) is 0.785. The number of anilines is 1. The third-order valence-electron chi connectivity index (χ3n) is 3.40. The lowest BCUT2D eigenvalue weighted by atomic mass is 10.1. The molecule has 1 saturated carbocycles. The van der Waals surface area contributed by atoms with Gasteiger partial charge in [0.1, 0.15) is 6.54 Å². The van der Waals surface area contributed by atoms with E-state index in [0.717, 1.165) is 30.4 Å². The maximum absolute atomic E-state index is 11.9. The van der Waals surface area contributed by atoms with Crippen molar-refractivity contribution in [1.29, 1.82) is 0 Å². The summed E-state index contributed by atoms with van der Waals surface area (Å²) in [6, 6.07) is 1.51. The molecule has 3 N–H and O–H groups in total. The molecule has 0 aliphatic heterocycles. The Morgan fingerprint density at radius 3 is 2.68 bits per heavy atom. The largest absolute Gasteiger partial charge is 0.397 e. The Balaban J connectivity index is 1.91. The summed E-state index contributed by atoms with van der Waals surface area (Å²) in [7, 11) is 0. The van der Waals surface area contributed by atoms with Gasteiger partial charge in [0.15, 0.2) is 0 Å². The zero-order valence-electron chi connectivity index (χ0n) is 11.0. The molecule has 1 fully saturated rings. The minimum atomic E-state index is -0.351. The van der Waals surface area contributed by atoms with Crippen molar-refractivity contribution in [2.24, 2.45) is 0 Å². The Morgan fingerprint density at radius 1 is 1.37 bits per heavy atom. The molecule has 0 unspecified atom stereocenters. The fourth-order valence-corrected chi connectivity index (χ4v) is 2.40. The molecular formula is C13H20N4O2. The second kappa shape index (κ2) is 6.36. The molecule has 0 saturated heterocycles. The molecule has 1 heterocycles. The van der Waals surface area contributed by atoms with Crippen LogP contribution in [0.25, 0.3) is 0 Å². The van der Waals surface area contributed by atoms with E-state index in [9.17, 15) is 9.59 Å². The molecule has 0 spiro atoms. The highest BCUT2D eigenvalue weighted by atomic mass is 16.2. The lowest BCUT2D eigenvalue weighted by molar-refractivity contribution is -0.122. The van der Waals surface area contributed by atoms with E-state index in [1.165, 1.54) is 25.1 Å². The number of nitrogens with one attached hydrogen (secondary N) is 1. The van der Waals surface area contributed by atoms with Crippen molar-refractivity contribution in [3.8, 4) is 0 Å². The van der Waals surface area contributed by atoms with E-state index in [1.54, 1.807) is 0 Å².